The van der Waals surface area contributed by atoms with Crippen LogP contribution in [0.15, 0.2) is 24.5 Å². The Hall–Kier alpha value is -0.800. The van der Waals surface area contributed by atoms with E-state index in [0.29, 0.717) is 0 Å². The Morgan fingerprint density at radius 3 is 1.93 bits per heavy atom. The quantitative estimate of drug-likeness (QED) is 0.650. The van der Waals surface area contributed by atoms with Crippen LogP contribution in [0.4, 0.5) is 0 Å². The fourth-order valence-corrected chi connectivity index (χ4v) is 1.21. The molecule has 3 nitrogen and oxygen atoms in total. The predicted octanol–water partition coefficient (Wildman–Crippen LogP) is 2.59. The van der Waals surface area contributed by atoms with Gasteiger partial charge in [0, 0.05) is 6.08 Å². The average molecular weight is 198 g/mol. The summed E-state index contributed by atoms with van der Waals surface area (Å²) < 4.78 is 16.6. The van der Waals surface area contributed by atoms with Gasteiger partial charge in [0.1, 0.15) is 0 Å². The fraction of sp³-hybridized carbons (Fsp3) is 0.636. The van der Waals surface area contributed by atoms with Crippen molar-refractivity contribution < 1.29 is 14.2 Å². The van der Waals surface area contributed by atoms with Gasteiger partial charge in [0.15, 0.2) is 0 Å². The number of allylic oxidation sites excluding steroid dienone is 2. The summed E-state index contributed by atoms with van der Waals surface area (Å²) in [5, 5.41) is 0. The van der Waals surface area contributed by atoms with Crippen molar-refractivity contribution in [3.8, 4) is 0 Å². The Labute approximate surface area is 85.3 Å². The summed E-state index contributed by atoms with van der Waals surface area (Å²) in [6.45, 7) is 7.78. The predicted molar refractivity (Wildman–Crippen MR) is 54.5 cm³/mol. The van der Waals surface area contributed by atoms with Gasteiger partial charge < -0.3 is 14.2 Å². The third-order valence-electron chi connectivity index (χ3n) is 1.52. The standard InChI is InChI=1S/C11H18O3/c1-9(2)13-11(14-10(3)4)7-5-6-8-12-11/h5-10H,1-4H3. The van der Waals surface area contributed by atoms with E-state index < -0.39 is 5.97 Å². The van der Waals surface area contributed by atoms with E-state index in [0.717, 1.165) is 0 Å². The molecular weight excluding hydrogens is 180 g/mol. The van der Waals surface area contributed by atoms with Crippen LogP contribution in [-0.4, -0.2) is 18.2 Å². The van der Waals surface area contributed by atoms with Crippen LogP contribution in [0.3, 0.4) is 0 Å². The van der Waals surface area contributed by atoms with Gasteiger partial charge in [0.05, 0.1) is 18.5 Å². The Morgan fingerprint density at radius 1 is 1.00 bits per heavy atom. The van der Waals surface area contributed by atoms with Crippen molar-refractivity contribution in [3.63, 3.8) is 0 Å². The van der Waals surface area contributed by atoms with Crippen molar-refractivity contribution >= 4 is 0 Å². The highest BCUT2D eigenvalue weighted by molar-refractivity contribution is 5.08. The molecule has 1 aliphatic heterocycles. The highest BCUT2D eigenvalue weighted by Gasteiger charge is 2.34. The summed E-state index contributed by atoms with van der Waals surface area (Å²) in [7, 11) is 0. The number of ether oxygens (including phenoxy) is 3. The van der Waals surface area contributed by atoms with Gasteiger partial charge in [0.25, 0.3) is 0 Å². The van der Waals surface area contributed by atoms with E-state index in [1.807, 2.05) is 33.8 Å². The molecule has 0 aromatic rings. The molecule has 0 amide bonds. The smallest absolute Gasteiger partial charge is 0.349 e. The monoisotopic (exact) mass is 198 g/mol. The first-order chi connectivity index (χ1) is 6.54. The lowest BCUT2D eigenvalue weighted by Crippen LogP contribution is -2.40. The van der Waals surface area contributed by atoms with Gasteiger partial charge in [0.2, 0.25) is 0 Å². The van der Waals surface area contributed by atoms with E-state index in [9.17, 15) is 0 Å². The first-order valence-electron chi connectivity index (χ1n) is 4.92. The molecule has 80 valence electrons. The molecule has 0 unspecified atom stereocenters. The lowest BCUT2D eigenvalue weighted by atomic mass is 10.3. The maximum atomic E-state index is 5.61. The lowest BCUT2D eigenvalue weighted by Gasteiger charge is -2.33. The van der Waals surface area contributed by atoms with E-state index in [-0.39, 0.29) is 12.2 Å². The third kappa shape index (κ3) is 3.16. The molecular formula is C11H18O3. The van der Waals surface area contributed by atoms with Crippen LogP contribution in [-0.2, 0) is 14.2 Å². The third-order valence-corrected chi connectivity index (χ3v) is 1.52. The minimum absolute atomic E-state index is 0.0462. The summed E-state index contributed by atoms with van der Waals surface area (Å²) in [4.78, 5) is 0. The summed E-state index contributed by atoms with van der Waals surface area (Å²) in [5.74, 6) is -1.04. The van der Waals surface area contributed by atoms with Crippen LogP contribution in [0.1, 0.15) is 27.7 Å². The number of hydrogen-bond donors (Lipinski definition) is 0. The number of hydrogen-bond acceptors (Lipinski definition) is 3. The first-order valence-corrected chi connectivity index (χ1v) is 4.92. The molecule has 14 heavy (non-hydrogen) atoms. The van der Waals surface area contributed by atoms with Crippen LogP contribution in [0.25, 0.3) is 0 Å². The zero-order valence-corrected chi connectivity index (χ0v) is 9.19. The van der Waals surface area contributed by atoms with E-state index in [1.165, 1.54) is 0 Å². The van der Waals surface area contributed by atoms with Crippen LogP contribution in [0, 0.1) is 0 Å². The van der Waals surface area contributed by atoms with Crippen LogP contribution < -0.4 is 0 Å². The van der Waals surface area contributed by atoms with Crippen molar-refractivity contribution in [2.75, 3.05) is 0 Å². The van der Waals surface area contributed by atoms with E-state index in [1.54, 1.807) is 18.4 Å². The summed E-state index contributed by atoms with van der Waals surface area (Å²) in [5.41, 5.74) is 0. The highest BCUT2D eigenvalue weighted by atomic mass is 16.9. The van der Waals surface area contributed by atoms with Gasteiger partial charge >= 0.3 is 5.97 Å². The summed E-state index contributed by atoms with van der Waals surface area (Å²) in [6.07, 6.45) is 7.09. The molecule has 0 atom stereocenters. The minimum Gasteiger partial charge on any atom is -0.444 e. The van der Waals surface area contributed by atoms with E-state index >= 15 is 0 Å². The Kier molecular flexibility index (Phi) is 3.72. The molecule has 0 aromatic heterocycles. The fourth-order valence-electron chi connectivity index (χ4n) is 1.21. The highest BCUT2D eigenvalue weighted by Crippen LogP contribution is 2.24. The molecule has 1 rings (SSSR count). The minimum atomic E-state index is -1.04. The van der Waals surface area contributed by atoms with Crippen LogP contribution in [0.5, 0.6) is 0 Å². The molecule has 0 aromatic carbocycles. The zero-order chi connectivity index (χ0) is 10.6. The second-order valence-corrected chi connectivity index (χ2v) is 3.74. The molecule has 0 aliphatic carbocycles. The van der Waals surface area contributed by atoms with Gasteiger partial charge in [-0.05, 0) is 33.8 Å². The largest absolute Gasteiger partial charge is 0.444 e. The Bertz CT molecular complexity index is 219. The molecule has 3 heteroatoms. The lowest BCUT2D eigenvalue weighted by molar-refractivity contribution is -0.353. The van der Waals surface area contributed by atoms with Gasteiger partial charge in [-0.15, -0.1) is 0 Å². The van der Waals surface area contributed by atoms with Gasteiger partial charge in [-0.2, -0.15) is 0 Å². The van der Waals surface area contributed by atoms with Crippen molar-refractivity contribution in [1.82, 2.24) is 0 Å². The molecule has 0 N–H and O–H groups in total. The van der Waals surface area contributed by atoms with Crippen molar-refractivity contribution in [2.45, 2.75) is 45.9 Å². The second-order valence-electron chi connectivity index (χ2n) is 3.74. The Balaban J connectivity index is 2.69. The van der Waals surface area contributed by atoms with Gasteiger partial charge in [-0.1, -0.05) is 6.08 Å². The number of rotatable bonds is 4. The average Bonchev–Trinajstić information content (AvgIpc) is 2.01. The second kappa shape index (κ2) is 4.62. The molecule has 1 aliphatic rings. The molecule has 0 saturated carbocycles. The van der Waals surface area contributed by atoms with Gasteiger partial charge in [-0.3, -0.25) is 0 Å². The summed E-state index contributed by atoms with van der Waals surface area (Å²) in [6, 6.07) is 0. The molecule has 0 bridgehead atoms. The molecule has 0 spiro atoms. The van der Waals surface area contributed by atoms with Crippen LogP contribution in [0.2, 0.25) is 0 Å². The normalized spacial score (nSPS) is 19.0. The molecule has 1 heterocycles. The zero-order valence-electron chi connectivity index (χ0n) is 9.19. The summed E-state index contributed by atoms with van der Waals surface area (Å²) >= 11 is 0. The molecule has 0 fully saturated rings. The maximum absolute atomic E-state index is 5.61. The Morgan fingerprint density at radius 2 is 1.57 bits per heavy atom. The van der Waals surface area contributed by atoms with Crippen molar-refractivity contribution in [3.05, 3.63) is 24.5 Å². The molecule has 0 radical (unpaired) electrons. The maximum Gasteiger partial charge on any atom is 0.349 e. The van der Waals surface area contributed by atoms with Crippen molar-refractivity contribution in [1.29, 1.82) is 0 Å². The van der Waals surface area contributed by atoms with E-state index in [4.69, 9.17) is 14.2 Å². The molecule has 0 saturated heterocycles. The topological polar surface area (TPSA) is 27.7 Å². The van der Waals surface area contributed by atoms with Crippen molar-refractivity contribution in [2.24, 2.45) is 0 Å². The SMILES string of the molecule is CC(C)OC1(OC(C)C)C=CC=CO1. The first kappa shape index (κ1) is 11.3. The van der Waals surface area contributed by atoms with Crippen LogP contribution >= 0.6 is 0 Å². The van der Waals surface area contributed by atoms with E-state index in [2.05, 4.69) is 0 Å². The van der Waals surface area contributed by atoms with Gasteiger partial charge in [-0.25, -0.2) is 0 Å².